The van der Waals surface area contributed by atoms with Crippen LogP contribution >= 0.6 is 0 Å². The highest BCUT2D eigenvalue weighted by Crippen LogP contribution is 2.20. The molecule has 0 aliphatic carbocycles. The van der Waals surface area contributed by atoms with Gasteiger partial charge >= 0.3 is 6.03 Å². The Kier molecular flexibility index (Phi) is 5.64. The lowest BCUT2D eigenvalue weighted by molar-refractivity contribution is 0.159. The molecule has 1 atom stereocenters. The van der Waals surface area contributed by atoms with Crippen molar-refractivity contribution < 1.29 is 4.79 Å². The van der Waals surface area contributed by atoms with Crippen LogP contribution < -0.4 is 10.6 Å². The first-order valence-corrected chi connectivity index (χ1v) is 8.87. The Morgan fingerprint density at radius 3 is 3.04 bits per heavy atom. The number of benzene rings is 1. The Hall–Kier alpha value is -2.14. The number of hydrogen-bond donors (Lipinski definition) is 2. The van der Waals surface area contributed by atoms with Gasteiger partial charge in [0.25, 0.3) is 0 Å². The average Bonchev–Trinajstić information content (AvgIpc) is 2.60. The second-order valence-corrected chi connectivity index (χ2v) is 6.50. The monoisotopic (exact) mass is 326 g/mol. The van der Waals surface area contributed by atoms with Crippen molar-refractivity contribution in [3.63, 3.8) is 0 Å². The third-order valence-corrected chi connectivity index (χ3v) is 4.73. The summed E-state index contributed by atoms with van der Waals surface area (Å²) < 4.78 is 0. The van der Waals surface area contributed by atoms with Crippen LogP contribution in [0.15, 0.2) is 36.5 Å². The number of hydrogen-bond acceptors (Lipinski definition) is 3. The van der Waals surface area contributed by atoms with Crippen molar-refractivity contribution in [3.8, 4) is 0 Å². The molecular weight excluding hydrogens is 300 g/mol. The first kappa shape index (κ1) is 16.7. The number of amides is 2. The van der Waals surface area contributed by atoms with Crippen LogP contribution in [0.4, 0.5) is 10.5 Å². The van der Waals surface area contributed by atoms with Crippen molar-refractivity contribution in [3.05, 3.63) is 36.5 Å². The summed E-state index contributed by atoms with van der Waals surface area (Å²) >= 11 is 0. The van der Waals surface area contributed by atoms with E-state index in [1.165, 1.54) is 25.8 Å². The van der Waals surface area contributed by atoms with Gasteiger partial charge in [0.1, 0.15) is 0 Å². The van der Waals surface area contributed by atoms with E-state index in [-0.39, 0.29) is 6.03 Å². The zero-order valence-corrected chi connectivity index (χ0v) is 14.3. The number of nitrogens with one attached hydrogen (secondary N) is 2. The third-order valence-electron chi connectivity index (χ3n) is 4.73. The zero-order valence-electron chi connectivity index (χ0n) is 14.3. The molecule has 0 spiro atoms. The van der Waals surface area contributed by atoms with Crippen molar-refractivity contribution in [1.29, 1.82) is 0 Å². The van der Waals surface area contributed by atoms with Gasteiger partial charge in [-0.15, -0.1) is 0 Å². The Bertz CT molecular complexity index is 683. The number of nitrogens with zero attached hydrogens (tertiary/aromatic N) is 2. The number of fused-ring (bicyclic) bond motifs is 1. The summed E-state index contributed by atoms with van der Waals surface area (Å²) in [5, 5.41) is 6.87. The number of carbonyl (C=O) groups excluding carboxylic acids is 1. The molecule has 1 unspecified atom stereocenters. The predicted octanol–water partition coefficient (Wildman–Crippen LogP) is 3.62. The molecular formula is C19H26N4O. The number of anilines is 1. The molecule has 24 heavy (non-hydrogen) atoms. The minimum atomic E-state index is -0.167. The standard InChI is InChI=1S/C19H26N4O/c1-15-7-2-3-13-23(15)14-6-12-21-19(24)22-17-10-4-8-16-9-5-11-20-18(16)17/h4-5,8-11,15H,2-3,6-7,12-14H2,1H3,(H2,21,22,24). The van der Waals surface area contributed by atoms with Gasteiger partial charge in [0.2, 0.25) is 0 Å². The third kappa shape index (κ3) is 4.23. The molecule has 1 aliphatic heterocycles. The van der Waals surface area contributed by atoms with Crippen LogP contribution in [0.2, 0.25) is 0 Å². The second kappa shape index (κ2) is 8.11. The van der Waals surface area contributed by atoms with Gasteiger partial charge in [-0.1, -0.05) is 24.6 Å². The average molecular weight is 326 g/mol. The molecule has 2 heterocycles. The highest BCUT2D eigenvalue weighted by atomic mass is 16.2. The molecule has 5 heteroatoms. The van der Waals surface area contributed by atoms with Gasteiger partial charge in [-0.3, -0.25) is 4.98 Å². The second-order valence-electron chi connectivity index (χ2n) is 6.50. The molecule has 1 aromatic carbocycles. The Morgan fingerprint density at radius 1 is 1.29 bits per heavy atom. The van der Waals surface area contributed by atoms with Gasteiger partial charge in [-0.25, -0.2) is 4.79 Å². The van der Waals surface area contributed by atoms with E-state index in [1.54, 1.807) is 6.20 Å². The maximum Gasteiger partial charge on any atom is 0.319 e. The van der Waals surface area contributed by atoms with Crippen LogP contribution in [0.3, 0.4) is 0 Å². The van der Waals surface area contributed by atoms with Crippen LogP contribution in [0.25, 0.3) is 10.9 Å². The van der Waals surface area contributed by atoms with E-state index >= 15 is 0 Å². The van der Waals surface area contributed by atoms with Gasteiger partial charge in [0, 0.05) is 30.7 Å². The van der Waals surface area contributed by atoms with Crippen molar-refractivity contribution in [2.24, 2.45) is 0 Å². The van der Waals surface area contributed by atoms with E-state index in [0.717, 1.165) is 29.6 Å². The summed E-state index contributed by atoms with van der Waals surface area (Å²) in [5.41, 5.74) is 1.56. The normalized spacial score (nSPS) is 18.5. The molecule has 0 saturated carbocycles. The van der Waals surface area contributed by atoms with E-state index in [9.17, 15) is 4.79 Å². The largest absolute Gasteiger partial charge is 0.338 e. The number of carbonyl (C=O) groups is 1. The van der Waals surface area contributed by atoms with Crippen LogP contribution in [0, 0.1) is 0 Å². The summed E-state index contributed by atoms with van der Waals surface area (Å²) in [7, 11) is 0. The minimum absolute atomic E-state index is 0.167. The number of rotatable bonds is 5. The van der Waals surface area contributed by atoms with Crippen molar-refractivity contribution in [2.75, 3.05) is 25.0 Å². The molecule has 2 N–H and O–H groups in total. The summed E-state index contributed by atoms with van der Waals surface area (Å²) in [5.74, 6) is 0. The van der Waals surface area contributed by atoms with Crippen LogP contribution in [-0.2, 0) is 0 Å². The summed E-state index contributed by atoms with van der Waals surface area (Å²) in [6.07, 6.45) is 6.66. The highest BCUT2D eigenvalue weighted by molar-refractivity contribution is 5.99. The number of aromatic nitrogens is 1. The molecule has 0 radical (unpaired) electrons. The first-order chi connectivity index (χ1) is 11.7. The van der Waals surface area contributed by atoms with Gasteiger partial charge in [-0.2, -0.15) is 0 Å². The molecule has 0 bridgehead atoms. The molecule has 5 nitrogen and oxygen atoms in total. The van der Waals surface area contributed by atoms with Crippen molar-refractivity contribution in [2.45, 2.75) is 38.6 Å². The lowest BCUT2D eigenvalue weighted by Gasteiger charge is -2.33. The van der Waals surface area contributed by atoms with E-state index < -0.39 is 0 Å². The van der Waals surface area contributed by atoms with Crippen LogP contribution in [0.5, 0.6) is 0 Å². The maximum absolute atomic E-state index is 12.1. The number of piperidine rings is 1. The highest BCUT2D eigenvalue weighted by Gasteiger charge is 2.17. The maximum atomic E-state index is 12.1. The first-order valence-electron chi connectivity index (χ1n) is 8.87. The topological polar surface area (TPSA) is 57.3 Å². The van der Waals surface area contributed by atoms with Gasteiger partial charge in [0.05, 0.1) is 11.2 Å². The van der Waals surface area contributed by atoms with E-state index in [4.69, 9.17) is 0 Å². The number of pyridine rings is 1. The smallest absolute Gasteiger partial charge is 0.319 e. The molecule has 1 aliphatic rings. The minimum Gasteiger partial charge on any atom is -0.338 e. The van der Waals surface area contributed by atoms with E-state index in [1.807, 2.05) is 30.3 Å². The van der Waals surface area contributed by atoms with Crippen molar-refractivity contribution in [1.82, 2.24) is 15.2 Å². The molecule has 2 aromatic rings. The fourth-order valence-corrected chi connectivity index (χ4v) is 3.35. The SMILES string of the molecule is CC1CCCCN1CCCNC(=O)Nc1cccc2cccnc12. The summed E-state index contributed by atoms with van der Waals surface area (Å²) in [6.45, 7) is 5.23. The number of likely N-dealkylation sites (tertiary alicyclic amines) is 1. The van der Waals surface area contributed by atoms with Crippen LogP contribution in [0.1, 0.15) is 32.6 Å². The fourth-order valence-electron chi connectivity index (χ4n) is 3.35. The Morgan fingerprint density at radius 2 is 2.17 bits per heavy atom. The summed E-state index contributed by atoms with van der Waals surface area (Å²) in [6, 6.07) is 10.2. The lowest BCUT2D eigenvalue weighted by Crippen LogP contribution is -2.39. The van der Waals surface area contributed by atoms with E-state index in [2.05, 4.69) is 27.4 Å². The molecule has 1 aromatic heterocycles. The van der Waals surface area contributed by atoms with Crippen LogP contribution in [-0.4, -0.2) is 41.6 Å². The fraction of sp³-hybridized carbons (Fsp3) is 0.474. The molecule has 2 amide bonds. The number of urea groups is 1. The molecule has 128 valence electrons. The van der Waals surface area contributed by atoms with Gasteiger partial charge in [-0.05, 0) is 44.9 Å². The lowest BCUT2D eigenvalue weighted by atomic mass is 10.0. The molecule has 1 fully saturated rings. The van der Waals surface area contributed by atoms with Crippen molar-refractivity contribution >= 4 is 22.6 Å². The van der Waals surface area contributed by atoms with E-state index in [0.29, 0.717) is 12.6 Å². The van der Waals surface area contributed by atoms with Gasteiger partial charge in [0.15, 0.2) is 0 Å². The molecule has 1 saturated heterocycles. The summed E-state index contributed by atoms with van der Waals surface area (Å²) in [4.78, 5) is 19.0. The molecule has 3 rings (SSSR count). The predicted molar refractivity (Wildman–Crippen MR) is 98.3 cm³/mol. The quantitative estimate of drug-likeness (QED) is 0.825. The van der Waals surface area contributed by atoms with Gasteiger partial charge < -0.3 is 15.5 Å². The Balaban J connectivity index is 1.45. The number of para-hydroxylation sites is 1. The zero-order chi connectivity index (χ0) is 16.8. The Labute approximate surface area is 143 Å².